The Morgan fingerprint density at radius 3 is 1.92 bits per heavy atom. The van der Waals surface area contributed by atoms with E-state index in [1.807, 2.05) is 0 Å². The minimum absolute atomic E-state index is 0.310. The first kappa shape index (κ1) is 11.5. The fraction of sp³-hybridized carbons (Fsp3) is 0.875. The van der Waals surface area contributed by atoms with Crippen LogP contribution in [0.15, 0.2) is 0 Å². The Hall–Kier alpha value is -0.540. The van der Waals surface area contributed by atoms with E-state index in [1.165, 1.54) is 0 Å². The zero-order chi connectivity index (χ0) is 9.94. The van der Waals surface area contributed by atoms with Crippen molar-refractivity contribution >= 4 is 5.78 Å². The van der Waals surface area contributed by atoms with Crippen LogP contribution in [0.2, 0.25) is 0 Å². The van der Waals surface area contributed by atoms with Gasteiger partial charge in [0.1, 0.15) is 5.78 Å². The predicted molar refractivity (Wildman–Crippen MR) is 39.7 cm³/mol. The van der Waals surface area contributed by atoms with Gasteiger partial charge in [-0.3, -0.25) is 4.79 Å². The summed E-state index contributed by atoms with van der Waals surface area (Å²) >= 11 is 0. The molecule has 0 heterocycles. The van der Waals surface area contributed by atoms with E-state index in [4.69, 9.17) is 0 Å². The number of ketones is 1. The number of carbonyl (C=O) groups is 1. The van der Waals surface area contributed by atoms with Crippen LogP contribution in [0.3, 0.4) is 0 Å². The van der Waals surface area contributed by atoms with Gasteiger partial charge in [0.15, 0.2) is 0 Å². The number of halogens is 3. The molecule has 0 unspecified atom stereocenters. The van der Waals surface area contributed by atoms with E-state index in [1.54, 1.807) is 13.8 Å². The first-order valence-corrected chi connectivity index (χ1v) is 3.84. The van der Waals surface area contributed by atoms with Crippen LogP contribution in [0.5, 0.6) is 0 Å². The lowest BCUT2D eigenvalue weighted by Crippen LogP contribution is -2.24. The summed E-state index contributed by atoms with van der Waals surface area (Å²) in [6.45, 7) is 4.23. The molecule has 0 aliphatic rings. The molecule has 4 heteroatoms. The molecule has 0 aromatic heterocycles. The number of hydrogen-bond acceptors (Lipinski definition) is 1. The van der Waals surface area contributed by atoms with Crippen molar-refractivity contribution in [1.82, 2.24) is 0 Å². The third-order valence-corrected chi connectivity index (χ3v) is 1.71. The lowest BCUT2D eigenvalue weighted by molar-refractivity contribution is -0.174. The second kappa shape index (κ2) is 3.92. The maximum absolute atomic E-state index is 11.9. The Morgan fingerprint density at radius 2 is 1.67 bits per heavy atom. The standard InChI is InChI=1S/C8H13F3O/c1-5(2)7(12)4-6(3)8(9,10)11/h5-6H,4H2,1-3H3/t6-/m1/s1. The number of rotatable bonds is 3. The van der Waals surface area contributed by atoms with Crippen molar-refractivity contribution in [1.29, 1.82) is 0 Å². The third-order valence-electron chi connectivity index (χ3n) is 1.71. The highest BCUT2D eigenvalue weighted by atomic mass is 19.4. The third kappa shape index (κ3) is 3.74. The Morgan fingerprint density at radius 1 is 1.25 bits per heavy atom. The van der Waals surface area contributed by atoms with Gasteiger partial charge in [-0.1, -0.05) is 20.8 Å². The average molecular weight is 182 g/mol. The molecule has 0 aliphatic heterocycles. The van der Waals surface area contributed by atoms with E-state index >= 15 is 0 Å². The van der Waals surface area contributed by atoms with Crippen molar-refractivity contribution in [3.05, 3.63) is 0 Å². The summed E-state index contributed by atoms with van der Waals surface area (Å²) in [6, 6.07) is 0. The zero-order valence-corrected chi connectivity index (χ0v) is 7.40. The molecule has 0 radical (unpaired) electrons. The molecule has 0 aliphatic carbocycles. The van der Waals surface area contributed by atoms with Gasteiger partial charge < -0.3 is 0 Å². The van der Waals surface area contributed by atoms with Crippen LogP contribution in [0.1, 0.15) is 27.2 Å². The van der Waals surface area contributed by atoms with Gasteiger partial charge in [-0.25, -0.2) is 0 Å². The maximum Gasteiger partial charge on any atom is 0.391 e. The molecule has 12 heavy (non-hydrogen) atoms. The fourth-order valence-electron chi connectivity index (χ4n) is 0.653. The highest BCUT2D eigenvalue weighted by Crippen LogP contribution is 2.28. The molecule has 0 rings (SSSR count). The molecule has 0 aromatic carbocycles. The van der Waals surface area contributed by atoms with Crippen LogP contribution in [-0.4, -0.2) is 12.0 Å². The summed E-state index contributed by atoms with van der Waals surface area (Å²) in [5.41, 5.74) is 0. The van der Waals surface area contributed by atoms with Crippen molar-refractivity contribution in [2.24, 2.45) is 11.8 Å². The van der Waals surface area contributed by atoms with Crippen LogP contribution >= 0.6 is 0 Å². The summed E-state index contributed by atoms with van der Waals surface area (Å²) in [7, 11) is 0. The van der Waals surface area contributed by atoms with Crippen LogP contribution in [-0.2, 0) is 4.79 Å². The lowest BCUT2D eigenvalue weighted by Gasteiger charge is -2.15. The van der Waals surface area contributed by atoms with Gasteiger partial charge in [-0.05, 0) is 0 Å². The first-order valence-electron chi connectivity index (χ1n) is 3.84. The van der Waals surface area contributed by atoms with Gasteiger partial charge >= 0.3 is 6.18 Å². The Labute approximate surface area is 70.0 Å². The smallest absolute Gasteiger partial charge is 0.299 e. The second-order valence-electron chi connectivity index (χ2n) is 3.27. The minimum Gasteiger partial charge on any atom is -0.299 e. The summed E-state index contributed by atoms with van der Waals surface area (Å²) in [5.74, 6) is -2.16. The number of hydrogen-bond donors (Lipinski definition) is 0. The largest absolute Gasteiger partial charge is 0.391 e. The van der Waals surface area contributed by atoms with Crippen molar-refractivity contribution in [3.63, 3.8) is 0 Å². The maximum atomic E-state index is 11.9. The molecule has 0 saturated carbocycles. The zero-order valence-electron chi connectivity index (χ0n) is 7.40. The Bertz CT molecular complexity index is 160. The monoisotopic (exact) mass is 182 g/mol. The van der Waals surface area contributed by atoms with Crippen molar-refractivity contribution in [3.8, 4) is 0 Å². The molecule has 0 N–H and O–H groups in total. The van der Waals surface area contributed by atoms with E-state index in [9.17, 15) is 18.0 Å². The van der Waals surface area contributed by atoms with Gasteiger partial charge in [-0.15, -0.1) is 0 Å². The highest BCUT2D eigenvalue weighted by molar-refractivity contribution is 5.80. The fourth-order valence-corrected chi connectivity index (χ4v) is 0.653. The van der Waals surface area contributed by atoms with Crippen molar-refractivity contribution < 1.29 is 18.0 Å². The molecule has 1 atom stereocenters. The Balaban J connectivity index is 4.02. The Kier molecular flexibility index (Phi) is 3.74. The summed E-state index contributed by atoms with van der Waals surface area (Å²) in [5, 5.41) is 0. The van der Waals surface area contributed by atoms with E-state index in [2.05, 4.69) is 0 Å². The van der Waals surface area contributed by atoms with E-state index in [0.717, 1.165) is 6.92 Å². The average Bonchev–Trinajstić information content (AvgIpc) is 1.85. The van der Waals surface area contributed by atoms with Gasteiger partial charge in [0.05, 0.1) is 5.92 Å². The van der Waals surface area contributed by atoms with Crippen molar-refractivity contribution in [2.45, 2.75) is 33.4 Å². The number of alkyl halides is 3. The van der Waals surface area contributed by atoms with E-state index < -0.39 is 18.5 Å². The van der Waals surface area contributed by atoms with E-state index in [-0.39, 0.29) is 11.7 Å². The molecule has 1 nitrogen and oxygen atoms in total. The molecule has 0 bridgehead atoms. The summed E-state index contributed by atoms with van der Waals surface area (Å²) < 4.78 is 35.8. The molecule has 0 spiro atoms. The van der Waals surface area contributed by atoms with Gasteiger partial charge in [0.25, 0.3) is 0 Å². The molecule has 72 valence electrons. The predicted octanol–water partition coefficient (Wildman–Crippen LogP) is 2.80. The van der Waals surface area contributed by atoms with Gasteiger partial charge in [0, 0.05) is 12.3 Å². The minimum atomic E-state index is -4.25. The molecule has 0 fully saturated rings. The molecule has 0 saturated heterocycles. The highest BCUT2D eigenvalue weighted by Gasteiger charge is 2.37. The first-order chi connectivity index (χ1) is 5.25. The van der Waals surface area contributed by atoms with E-state index in [0.29, 0.717) is 0 Å². The van der Waals surface area contributed by atoms with Crippen LogP contribution in [0.4, 0.5) is 13.2 Å². The number of Topliss-reactive ketones (excluding diaryl/α,β-unsaturated/α-hetero) is 1. The molecular weight excluding hydrogens is 169 g/mol. The topological polar surface area (TPSA) is 17.1 Å². The SMILES string of the molecule is CC(C)C(=O)C[C@@H](C)C(F)(F)F. The van der Waals surface area contributed by atoms with Gasteiger partial charge in [0.2, 0.25) is 0 Å². The summed E-state index contributed by atoms with van der Waals surface area (Å²) in [4.78, 5) is 10.9. The van der Waals surface area contributed by atoms with Crippen LogP contribution in [0, 0.1) is 11.8 Å². The normalized spacial score (nSPS) is 14.9. The lowest BCUT2D eigenvalue weighted by atomic mass is 9.98. The van der Waals surface area contributed by atoms with Gasteiger partial charge in [-0.2, -0.15) is 13.2 Å². The van der Waals surface area contributed by atoms with Crippen molar-refractivity contribution in [2.75, 3.05) is 0 Å². The summed E-state index contributed by atoms with van der Waals surface area (Å²) in [6.07, 6.45) is -4.65. The molecular formula is C8H13F3O. The molecule has 0 aromatic rings. The quantitative estimate of drug-likeness (QED) is 0.655. The van der Waals surface area contributed by atoms with Crippen LogP contribution in [0.25, 0.3) is 0 Å². The van der Waals surface area contributed by atoms with Crippen LogP contribution < -0.4 is 0 Å². The molecule has 0 amide bonds. The number of carbonyl (C=O) groups excluding carboxylic acids is 1. The second-order valence-corrected chi connectivity index (χ2v) is 3.27.